The molecule has 1 aliphatic heterocycles. The first kappa shape index (κ1) is 30.7. The fourth-order valence-electron chi connectivity index (χ4n) is 6.02. The maximum Gasteiger partial charge on any atom is 0.234 e. The number of aliphatic hydroxyl groups is 3. The smallest absolute Gasteiger partial charge is 0.234 e. The van der Waals surface area contributed by atoms with Crippen LogP contribution < -0.4 is 4.74 Å². The molecule has 0 unspecified atom stereocenters. The number of rotatable bonds is 12. The minimum Gasteiger partial charge on any atom is -0.504 e. The van der Waals surface area contributed by atoms with Crippen LogP contribution in [0.3, 0.4) is 0 Å². The predicted octanol–water partition coefficient (Wildman–Crippen LogP) is 4.49. The highest BCUT2D eigenvalue weighted by Crippen LogP contribution is 2.46. The van der Waals surface area contributed by atoms with Crippen molar-refractivity contribution in [1.29, 1.82) is 0 Å². The third-order valence-corrected chi connectivity index (χ3v) is 9.55. The molecule has 40 heavy (non-hydrogen) atoms. The van der Waals surface area contributed by atoms with Gasteiger partial charge in [-0.05, 0) is 88.6 Å². The Kier molecular flexibility index (Phi) is 10.4. The lowest BCUT2D eigenvalue weighted by Gasteiger charge is -2.36. The number of carbonyl (C=O) groups is 2. The molecule has 2 heterocycles. The molecule has 4 N–H and O–H groups in total. The van der Waals surface area contributed by atoms with E-state index in [2.05, 4.69) is 29.5 Å². The molecule has 0 bridgehead atoms. The second kappa shape index (κ2) is 13.6. The summed E-state index contributed by atoms with van der Waals surface area (Å²) in [4.78, 5) is 28.9. The molecule has 2 aliphatic rings. The summed E-state index contributed by atoms with van der Waals surface area (Å²) in [6.45, 7) is 1.53. The number of imide groups is 1. The first-order valence-electron chi connectivity index (χ1n) is 13.5. The SMILES string of the molecule is CCC/C(=C\c1cc(I)c(O)c(OC)c1)CC[C@@H](O)C1=C(CO)C[C@H]2C(=O)N(Cc3cccs3)C(=O)[C@H]2[C@H]1CO. The van der Waals surface area contributed by atoms with Gasteiger partial charge in [-0.25, -0.2) is 0 Å². The number of thiophene rings is 1. The number of likely N-dealkylation sites (tertiary alicyclic amines) is 1. The van der Waals surface area contributed by atoms with E-state index >= 15 is 0 Å². The lowest BCUT2D eigenvalue weighted by Crippen LogP contribution is -2.39. The van der Waals surface area contributed by atoms with Crippen LogP contribution >= 0.6 is 33.9 Å². The van der Waals surface area contributed by atoms with Gasteiger partial charge in [-0.15, -0.1) is 11.3 Å². The Bertz CT molecular complexity index is 1290. The molecule has 2 amide bonds. The fourth-order valence-corrected chi connectivity index (χ4v) is 7.34. The van der Waals surface area contributed by atoms with Gasteiger partial charge in [0.05, 0.1) is 48.4 Å². The van der Waals surface area contributed by atoms with Gasteiger partial charge in [-0.3, -0.25) is 14.5 Å². The number of aromatic hydroxyl groups is 1. The molecule has 216 valence electrons. The number of ether oxygens (including phenoxy) is 1. The monoisotopic (exact) mass is 681 g/mol. The Balaban J connectivity index is 1.56. The van der Waals surface area contributed by atoms with E-state index < -0.39 is 30.5 Å². The number of aliphatic hydroxyl groups excluding tert-OH is 3. The van der Waals surface area contributed by atoms with Crippen molar-refractivity contribution in [3.63, 3.8) is 0 Å². The highest BCUT2D eigenvalue weighted by atomic mass is 127. The molecule has 0 saturated carbocycles. The van der Waals surface area contributed by atoms with Crippen LogP contribution in [0.1, 0.15) is 49.5 Å². The summed E-state index contributed by atoms with van der Waals surface area (Å²) in [7, 11) is 1.50. The van der Waals surface area contributed by atoms with Crippen molar-refractivity contribution >= 4 is 51.8 Å². The predicted molar refractivity (Wildman–Crippen MR) is 162 cm³/mol. The van der Waals surface area contributed by atoms with Gasteiger partial charge in [0.15, 0.2) is 11.5 Å². The quantitative estimate of drug-likeness (QED) is 0.148. The molecule has 10 heteroatoms. The number of benzene rings is 1. The van der Waals surface area contributed by atoms with E-state index in [1.807, 2.05) is 29.7 Å². The van der Waals surface area contributed by atoms with E-state index in [4.69, 9.17) is 4.74 Å². The molecule has 4 atom stereocenters. The molecule has 0 radical (unpaired) electrons. The van der Waals surface area contributed by atoms with Crippen LogP contribution in [0.4, 0.5) is 0 Å². The Morgan fingerprint density at radius 1 is 1.25 bits per heavy atom. The highest BCUT2D eigenvalue weighted by Gasteiger charge is 2.54. The maximum absolute atomic E-state index is 13.5. The van der Waals surface area contributed by atoms with Crippen LogP contribution in [0, 0.1) is 21.3 Å². The van der Waals surface area contributed by atoms with Crippen molar-refractivity contribution in [3.8, 4) is 11.5 Å². The molecule has 1 fully saturated rings. The molecule has 1 aromatic carbocycles. The lowest BCUT2D eigenvalue weighted by atomic mass is 9.68. The van der Waals surface area contributed by atoms with Crippen LogP contribution in [0.25, 0.3) is 6.08 Å². The molecular weight excluding hydrogens is 645 g/mol. The van der Waals surface area contributed by atoms with E-state index in [1.165, 1.54) is 23.3 Å². The first-order valence-corrected chi connectivity index (χ1v) is 15.4. The summed E-state index contributed by atoms with van der Waals surface area (Å²) in [5, 5.41) is 44.1. The van der Waals surface area contributed by atoms with Gasteiger partial charge in [-0.1, -0.05) is 31.1 Å². The third-order valence-electron chi connectivity index (χ3n) is 7.87. The van der Waals surface area contributed by atoms with Crippen molar-refractivity contribution in [2.75, 3.05) is 20.3 Å². The van der Waals surface area contributed by atoms with Gasteiger partial charge in [0.2, 0.25) is 11.8 Å². The molecule has 1 aliphatic carbocycles. The van der Waals surface area contributed by atoms with Crippen LogP contribution in [0.2, 0.25) is 0 Å². The summed E-state index contributed by atoms with van der Waals surface area (Å²) >= 11 is 3.53. The highest BCUT2D eigenvalue weighted by molar-refractivity contribution is 14.1. The molecule has 2 aromatic rings. The minimum atomic E-state index is -0.982. The fraction of sp³-hybridized carbons (Fsp3) is 0.467. The number of nitrogens with zero attached hydrogens (tertiary/aromatic N) is 1. The molecular formula is C30H36INO7S. The van der Waals surface area contributed by atoms with Gasteiger partial charge in [0.1, 0.15) is 0 Å². The van der Waals surface area contributed by atoms with Crippen molar-refractivity contribution in [3.05, 3.63) is 60.4 Å². The zero-order valence-electron chi connectivity index (χ0n) is 22.7. The summed E-state index contributed by atoms with van der Waals surface area (Å²) in [5.74, 6) is -2.27. The van der Waals surface area contributed by atoms with Gasteiger partial charge in [0.25, 0.3) is 0 Å². The number of halogens is 1. The van der Waals surface area contributed by atoms with Crippen molar-refractivity contribution in [2.45, 2.75) is 51.7 Å². The Labute approximate surface area is 252 Å². The van der Waals surface area contributed by atoms with E-state index in [9.17, 15) is 30.0 Å². The Morgan fingerprint density at radius 3 is 2.65 bits per heavy atom. The number of allylic oxidation sites excluding steroid dienone is 1. The van der Waals surface area contributed by atoms with Crippen molar-refractivity contribution in [2.24, 2.45) is 17.8 Å². The summed E-state index contributed by atoms with van der Waals surface area (Å²) in [6.07, 6.45) is 3.84. The number of carbonyl (C=O) groups excluding carboxylic acids is 2. The lowest BCUT2D eigenvalue weighted by molar-refractivity contribution is -0.140. The average Bonchev–Trinajstić information content (AvgIpc) is 3.55. The van der Waals surface area contributed by atoms with E-state index in [0.717, 1.165) is 28.9 Å². The zero-order chi connectivity index (χ0) is 29.0. The first-order chi connectivity index (χ1) is 19.2. The van der Waals surface area contributed by atoms with Crippen molar-refractivity contribution < 1.29 is 34.8 Å². The number of hydrogen-bond donors (Lipinski definition) is 4. The number of phenols is 1. The molecule has 1 aromatic heterocycles. The number of hydrogen-bond acceptors (Lipinski definition) is 8. The van der Waals surface area contributed by atoms with E-state index in [-0.39, 0.29) is 37.1 Å². The standard InChI is InChI=1S/C30H36INO7S/c1-3-5-17(10-18-11-23(31)28(36)25(12-18)39-2)7-8-24(35)26-19(15-33)13-21-27(22(26)16-34)30(38)32(29(21)37)14-20-6-4-9-40-20/h4,6,9-12,21-22,24,27,33-36H,3,5,7-8,13-16H2,1-2H3/b17-10+/t21-,22+,24-,27-/m1/s1. The normalized spacial score (nSPS) is 22.2. The maximum atomic E-state index is 13.5. The topological polar surface area (TPSA) is 128 Å². The van der Waals surface area contributed by atoms with Crippen LogP contribution in [-0.2, 0) is 16.1 Å². The molecule has 1 saturated heterocycles. The molecule has 4 rings (SSSR count). The minimum absolute atomic E-state index is 0.0933. The average molecular weight is 682 g/mol. The Morgan fingerprint density at radius 2 is 2.02 bits per heavy atom. The third kappa shape index (κ3) is 6.30. The summed E-state index contributed by atoms with van der Waals surface area (Å²) in [6, 6.07) is 7.38. The van der Waals surface area contributed by atoms with Gasteiger partial charge >= 0.3 is 0 Å². The second-order valence-electron chi connectivity index (χ2n) is 10.3. The zero-order valence-corrected chi connectivity index (χ0v) is 25.7. The second-order valence-corrected chi connectivity index (χ2v) is 12.5. The number of fused-ring (bicyclic) bond motifs is 1. The molecule has 8 nitrogen and oxygen atoms in total. The van der Waals surface area contributed by atoms with E-state index in [1.54, 1.807) is 6.07 Å². The van der Waals surface area contributed by atoms with E-state index in [0.29, 0.717) is 33.3 Å². The Hall–Kier alpha value is -2.25. The number of amides is 2. The van der Waals surface area contributed by atoms with Gasteiger partial charge < -0.3 is 25.2 Å². The van der Waals surface area contributed by atoms with Crippen molar-refractivity contribution in [1.82, 2.24) is 4.90 Å². The number of methoxy groups -OCH3 is 1. The number of phenolic OH excluding ortho intramolecular Hbond substituents is 1. The van der Waals surface area contributed by atoms with Gasteiger partial charge in [0, 0.05) is 10.8 Å². The van der Waals surface area contributed by atoms with Crippen LogP contribution in [-0.4, -0.2) is 63.6 Å². The largest absolute Gasteiger partial charge is 0.504 e. The van der Waals surface area contributed by atoms with Gasteiger partial charge in [-0.2, -0.15) is 0 Å². The van der Waals surface area contributed by atoms with Crippen LogP contribution in [0.15, 0.2) is 46.4 Å². The summed E-state index contributed by atoms with van der Waals surface area (Å²) in [5.41, 5.74) is 2.99. The summed E-state index contributed by atoms with van der Waals surface area (Å²) < 4.78 is 5.96. The van der Waals surface area contributed by atoms with Crippen LogP contribution in [0.5, 0.6) is 11.5 Å². The molecule has 0 spiro atoms.